The van der Waals surface area contributed by atoms with Gasteiger partial charge in [0.25, 0.3) is 5.91 Å². The zero-order valence-electron chi connectivity index (χ0n) is 16.2. The molecule has 2 rings (SSSR count). The van der Waals surface area contributed by atoms with Crippen molar-refractivity contribution in [3.05, 3.63) is 59.2 Å². The zero-order valence-corrected chi connectivity index (χ0v) is 16.2. The topological polar surface area (TPSA) is 95.9 Å². The average Bonchev–Trinajstić information content (AvgIpc) is 2.67. The number of aromatic carboxylic acids is 1. The van der Waals surface area contributed by atoms with Gasteiger partial charge in [0, 0.05) is 26.1 Å². The van der Waals surface area contributed by atoms with Crippen LogP contribution in [0.3, 0.4) is 0 Å². The Labute approximate surface area is 163 Å². The normalized spacial score (nSPS) is 10.2. The molecule has 2 N–H and O–H groups in total. The molecule has 0 saturated heterocycles. The van der Waals surface area contributed by atoms with Crippen molar-refractivity contribution in [2.45, 2.75) is 19.8 Å². The minimum atomic E-state index is -1.02. The third kappa shape index (κ3) is 5.33. The highest BCUT2D eigenvalue weighted by molar-refractivity contribution is 5.97. The number of aryl methyl sites for hydroxylation is 1. The molecule has 0 heterocycles. The average molecular weight is 384 g/mol. The molecule has 7 heteroatoms. The summed E-state index contributed by atoms with van der Waals surface area (Å²) in [5, 5.41) is 12.0. The van der Waals surface area contributed by atoms with E-state index >= 15 is 0 Å². The number of carbonyl (C=O) groups excluding carboxylic acids is 2. The molecule has 28 heavy (non-hydrogen) atoms. The lowest BCUT2D eigenvalue weighted by molar-refractivity contribution is -0.116. The number of hydrogen-bond acceptors (Lipinski definition) is 4. The minimum Gasteiger partial charge on any atom is -0.492 e. The second-order valence-corrected chi connectivity index (χ2v) is 6.35. The van der Waals surface area contributed by atoms with E-state index in [1.807, 2.05) is 6.92 Å². The smallest absolute Gasteiger partial charge is 0.335 e. The SMILES string of the molecule is CCOc1cc(C(=O)N(C)C)ccc1NC(=O)CCc1ccccc1C(=O)O. The highest BCUT2D eigenvalue weighted by atomic mass is 16.5. The molecule has 148 valence electrons. The lowest BCUT2D eigenvalue weighted by Gasteiger charge is -2.15. The summed E-state index contributed by atoms with van der Waals surface area (Å²) in [5.41, 5.74) is 1.72. The largest absolute Gasteiger partial charge is 0.492 e. The van der Waals surface area contributed by atoms with Gasteiger partial charge in [-0.05, 0) is 43.2 Å². The number of nitrogens with one attached hydrogen (secondary N) is 1. The molecular weight excluding hydrogens is 360 g/mol. The first-order valence-electron chi connectivity index (χ1n) is 8.93. The van der Waals surface area contributed by atoms with Crippen LogP contribution in [0.2, 0.25) is 0 Å². The Morgan fingerprint density at radius 3 is 2.46 bits per heavy atom. The maximum Gasteiger partial charge on any atom is 0.335 e. The summed E-state index contributed by atoms with van der Waals surface area (Å²) in [6.45, 7) is 2.20. The van der Waals surface area contributed by atoms with Crippen molar-refractivity contribution in [3.63, 3.8) is 0 Å². The van der Waals surface area contributed by atoms with Crippen LogP contribution >= 0.6 is 0 Å². The van der Waals surface area contributed by atoms with E-state index in [1.165, 1.54) is 11.0 Å². The van der Waals surface area contributed by atoms with Crippen LogP contribution in [0.4, 0.5) is 5.69 Å². The van der Waals surface area contributed by atoms with Crippen LogP contribution < -0.4 is 10.1 Å². The number of carbonyl (C=O) groups is 3. The number of rotatable bonds is 8. The quantitative estimate of drug-likeness (QED) is 0.729. The lowest BCUT2D eigenvalue weighted by Crippen LogP contribution is -2.22. The third-order valence-electron chi connectivity index (χ3n) is 4.08. The lowest BCUT2D eigenvalue weighted by atomic mass is 10.0. The van der Waals surface area contributed by atoms with Gasteiger partial charge >= 0.3 is 5.97 Å². The van der Waals surface area contributed by atoms with Crippen LogP contribution in [-0.4, -0.2) is 48.5 Å². The predicted molar refractivity (Wildman–Crippen MR) is 106 cm³/mol. The van der Waals surface area contributed by atoms with Gasteiger partial charge < -0.3 is 20.1 Å². The molecule has 0 fully saturated rings. The van der Waals surface area contributed by atoms with Crippen LogP contribution in [0.1, 0.15) is 39.6 Å². The fraction of sp³-hybridized carbons (Fsp3) is 0.286. The molecule has 0 saturated carbocycles. The molecule has 2 amide bonds. The van der Waals surface area contributed by atoms with E-state index in [0.717, 1.165) is 0 Å². The number of carboxylic acids is 1. The van der Waals surface area contributed by atoms with Crippen molar-refractivity contribution in [1.82, 2.24) is 4.90 Å². The zero-order chi connectivity index (χ0) is 20.7. The molecule has 0 aliphatic carbocycles. The molecule has 2 aromatic rings. The van der Waals surface area contributed by atoms with Gasteiger partial charge in [-0.2, -0.15) is 0 Å². The molecule has 7 nitrogen and oxygen atoms in total. The fourth-order valence-corrected chi connectivity index (χ4v) is 2.70. The van der Waals surface area contributed by atoms with Crippen LogP contribution in [0.25, 0.3) is 0 Å². The van der Waals surface area contributed by atoms with E-state index in [1.54, 1.807) is 50.5 Å². The molecule has 0 unspecified atom stereocenters. The highest BCUT2D eigenvalue weighted by Crippen LogP contribution is 2.27. The van der Waals surface area contributed by atoms with E-state index < -0.39 is 5.97 Å². The van der Waals surface area contributed by atoms with Gasteiger partial charge in [0.05, 0.1) is 17.9 Å². The van der Waals surface area contributed by atoms with Crippen molar-refractivity contribution in [3.8, 4) is 5.75 Å². The van der Waals surface area contributed by atoms with Gasteiger partial charge in [-0.3, -0.25) is 9.59 Å². The monoisotopic (exact) mass is 384 g/mol. The van der Waals surface area contributed by atoms with E-state index in [-0.39, 0.29) is 23.8 Å². The summed E-state index contributed by atoms with van der Waals surface area (Å²) < 4.78 is 5.56. The number of ether oxygens (including phenoxy) is 1. The van der Waals surface area contributed by atoms with E-state index in [4.69, 9.17) is 4.74 Å². The first-order chi connectivity index (χ1) is 13.3. The summed E-state index contributed by atoms with van der Waals surface area (Å²) in [6.07, 6.45) is 0.420. The standard InChI is InChI=1S/C21H24N2O5/c1-4-28-18-13-15(20(25)23(2)3)9-11-17(18)22-19(24)12-10-14-7-5-6-8-16(14)21(26)27/h5-9,11,13H,4,10,12H2,1-3H3,(H,22,24)(H,26,27). The predicted octanol–water partition coefficient (Wildman–Crippen LogP) is 3.06. The molecule has 0 radical (unpaired) electrons. The Morgan fingerprint density at radius 1 is 1.11 bits per heavy atom. The van der Waals surface area contributed by atoms with E-state index in [9.17, 15) is 19.5 Å². The van der Waals surface area contributed by atoms with E-state index in [0.29, 0.717) is 35.6 Å². The molecule has 0 bridgehead atoms. The Kier molecular flexibility index (Phi) is 7.14. The number of hydrogen-bond donors (Lipinski definition) is 2. The first-order valence-corrected chi connectivity index (χ1v) is 8.93. The number of nitrogens with zero attached hydrogens (tertiary/aromatic N) is 1. The van der Waals surface area contributed by atoms with Gasteiger partial charge in [0.2, 0.25) is 5.91 Å². The number of carboxylic acid groups (broad SMARTS) is 1. The van der Waals surface area contributed by atoms with Gasteiger partial charge in [0.1, 0.15) is 5.75 Å². The van der Waals surface area contributed by atoms with Gasteiger partial charge in [-0.25, -0.2) is 4.79 Å². The maximum atomic E-state index is 12.4. The molecule has 0 spiro atoms. The molecule has 0 aromatic heterocycles. The summed E-state index contributed by atoms with van der Waals surface area (Å²) in [5.74, 6) is -1.04. The summed E-state index contributed by atoms with van der Waals surface area (Å²) in [4.78, 5) is 37.2. The van der Waals surface area contributed by atoms with Gasteiger partial charge in [-0.1, -0.05) is 18.2 Å². The number of benzene rings is 2. The number of anilines is 1. The summed E-state index contributed by atoms with van der Waals surface area (Å²) >= 11 is 0. The summed E-state index contributed by atoms with van der Waals surface area (Å²) in [6, 6.07) is 11.5. The fourth-order valence-electron chi connectivity index (χ4n) is 2.70. The molecule has 0 aliphatic heterocycles. The third-order valence-corrected chi connectivity index (χ3v) is 4.08. The van der Waals surface area contributed by atoms with Crippen LogP contribution in [0, 0.1) is 0 Å². The number of amides is 2. The van der Waals surface area contributed by atoms with Crippen LogP contribution in [0.15, 0.2) is 42.5 Å². The first kappa shape index (κ1) is 21.0. The van der Waals surface area contributed by atoms with Crippen molar-refractivity contribution in [2.24, 2.45) is 0 Å². The maximum absolute atomic E-state index is 12.4. The molecule has 0 atom stereocenters. The second kappa shape index (κ2) is 9.55. The van der Waals surface area contributed by atoms with E-state index in [2.05, 4.69) is 5.32 Å². The highest BCUT2D eigenvalue weighted by Gasteiger charge is 2.15. The van der Waals surface area contributed by atoms with Gasteiger partial charge in [0.15, 0.2) is 0 Å². The second-order valence-electron chi connectivity index (χ2n) is 6.35. The molecule has 2 aromatic carbocycles. The van der Waals surface area contributed by atoms with Crippen molar-refractivity contribution < 1.29 is 24.2 Å². The van der Waals surface area contributed by atoms with Crippen molar-refractivity contribution >= 4 is 23.5 Å². The Hall–Kier alpha value is -3.35. The van der Waals surface area contributed by atoms with Crippen LogP contribution in [-0.2, 0) is 11.2 Å². The Morgan fingerprint density at radius 2 is 1.82 bits per heavy atom. The Bertz CT molecular complexity index is 877. The molecular formula is C21H24N2O5. The minimum absolute atomic E-state index is 0.119. The Balaban J connectivity index is 2.11. The van der Waals surface area contributed by atoms with Crippen LogP contribution in [0.5, 0.6) is 5.75 Å². The summed E-state index contributed by atoms with van der Waals surface area (Å²) in [7, 11) is 3.32. The van der Waals surface area contributed by atoms with Crippen molar-refractivity contribution in [2.75, 3.05) is 26.0 Å². The van der Waals surface area contributed by atoms with Crippen molar-refractivity contribution in [1.29, 1.82) is 0 Å². The van der Waals surface area contributed by atoms with Gasteiger partial charge in [-0.15, -0.1) is 0 Å². The molecule has 0 aliphatic rings.